The molecule has 0 saturated carbocycles. The Hall–Kier alpha value is -1.95. The largest absolute Gasteiger partial charge is 0.497 e. The molecule has 0 unspecified atom stereocenters. The zero-order valence-corrected chi connectivity index (χ0v) is 16.8. The molecule has 1 heterocycles. The van der Waals surface area contributed by atoms with Crippen molar-refractivity contribution in [2.45, 2.75) is 18.9 Å². The van der Waals surface area contributed by atoms with E-state index in [0.29, 0.717) is 15.7 Å². The van der Waals surface area contributed by atoms with E-state index >= 15 is 0 Å². The molecule has 0 bridgehead atoms. The van der Waals surface area contributed by atoms with Gasteiger partial charge in [0.1, 0.15) is 11.5 Å². The molecule has 1 N–H and O–H groups in total. The van der Waals surface area contributed by atoms with Crippen LogP contribution in [0.4, 0.5) is 5.69 Å². The van der Waals surface area contributed by atoms with Crippen molar-refractivity contribution in [1.29, 1.82) is 0 Å². The van der Waals surface area contributed by atoms with E-state index in [9.17, 15) is 4.79 Å². The number of rotatable bonds is 6. The van der Waals surface area contributed by atoms with Crippen molar-refractivity contribution in [3.8, 4) is 11.5 Å². The second-order valence-corrected chi connectivity index (χ2v) is 7.17. The first-order valence-corrected chi connectivity index (χ1v) is 9.49. The highest BCUT2D eigenvalue weighted by atomic mass is 35.5. The Bertz CT molecular complexity index is 829. The second kappa shape index (κ2) is 8.83. The van der Waals surface area contributed by atoms with Crippen molar-refractivity contribution < 1.29 is 14.3 Å². The standard InChI is InChI=1S/C20H22Cl2N2O3/c1-26-13-8-9-18(27-2)14(11-13)17-7-4-10-24(17)12-19(25)23-16-6-3-5-15(21)20(16)22/h3,5-6,8-9,11,17H,4,7,10,12H2,1-2H3,(H,23,25)/t17-/m1/s1. The van der Waals surface area contributed by atoms with Gasteiger partial charge in [0.05, 0.1) is 36.5 Å². The fraction of sp³-hybridized carbons (Fsp3) is 0.350. The van der Waals surface area contributed by atoms with Crippen LogP contribution in [0.2, 0.25) is 10.0 Å². The molecule has 5 nitrogen and oxygen atoms in total. The van der Waals surface area contributed by atoms with Gasteiger partial charge < -0.3 is 14.8 Å². The van der Waals surface area contributed by atoms with Crippen LogP contribution in [0.15, 0.2) is 36.4 Å². The fourth-order valence-electron chi connectivity index (χ4n) is 3.44. The van der Waals surface area contributed by atoms with Gasteiger partial charge in [-0.2, -0.15) is 0 Å². The van der Waals surface area contributed by atoms with Crippen LogP contribution >= 0.6 is 23.2 Å². The lowest BCUT2D eigenvalue weighted by molar-refractivity contribution is -0.117. The summed E-state index contributed by atoms with van der Waals surface area (Å²) in [5, 5.41) is 3.61. The minimum absolute atomic E-state index is 0.0932. The average molecular weight is 409 g/mol. The molecule has 7 heteroatoms. The van der Waals surface area contributed by atoms with Gasteiger partial charge in [-0.3, -0.25) is 9.69 Å². The molecular formula is C20H22Cl2N2O3. The number of anilines is 1. The first kappa shape index (κ1) is 19.8. The van der Waals surface area contributed by atoms with Gasteiger partial charge in [-0.1, -0.05) is 29.3 Å². The van der Waals surface area contributed by atoms with Crippen molar-refractivity contribution in [1.82, 2.24) is 4.90 Å². The van der Waals surface area contributed by atoms with Gasteiger partial charge in [-0.05, 0) is 49.7 Å². The minimum Gasteiger partial charge on any atom is -0.497 e. The molecule has 1 aliphatic rings. The third-order valence-corrected chi connectivity index (χ3v) is 5.55. The predicted molar refractivity (Wildman–Crippen MR) is 108 cm³/mol. The number of amides is 1. The third kappa shape index (κ3) is 4.49. The third-order valence-electron chi connectivity index (χ3n) is 4.73. The van der Waals surface area contributed by atoms with Crippen LogP contribution in [0.25, 0.3) is 0 Å². The van der Waals surface area contributed by atoms with Crippen LogP contribution in [0.1, 0.15) is 24.4 Å². The molecule has 1 fully saturated rings. The number of carbonyl (C=O) groups is 1. The SMILES string of the molecule is COc1ccc(OC)c([C@H]2CCCN2CC(=O)Nc2cccc(Cl)c2Cl)c1. The van der Waals surface area contributed by atoms with Crippen LogP contribution in [-0.4, -0.2) is 38.1 Å². The van der Waals surface area contributed by atoms with Crippen molar-refractivity contribution in [3.05, 3.63) is 52.0 Å². The second-order valence-electron chi connectivity index (χ2n) is 6.39. The Balaban J connectivity index is 1.75. The maximum Gasteiger partial charge on any atom is 0.238 e. The highest BCUT2D eigenvalue weighted by Crippen LogP contribution is 2.38. The molecule has 3 rings (SSSR count). The molecule has 1 atom stereocenters. The van der Waals surface area contributed by atoms with Crippen LogP contribution in [0.5, 0.6) is 11.5 Å². The highest BCUT2D eigenvalue weighted by molar-refractivity contribution is 6.44. The van der Waals surface area contributed by atoms with Crippen LogP contribution in [0, 0.1) is 0 Å². The number of likely N-dealkylation sites (tertiary alicyclic amines) is 1. The molecule has 144 valence electrons. The average Bonchev–Trinajstić information content (AvgIpc) is 3.12. The molecule has 2 aromatic rings. The first-order chi connectivity index (χ1) is 13.0. The van der Waals surface area contributed by atoms with Crippen LogP contribution < -0.4 is 14.8 Å². The van der Waals surface area contributed by atoms with Gasteiger partial charge in [0.2, 0.25) is 5.91 Å². The van der Waals surface area contributed by atoms with Crippen LogP contribution in [0.3, 0.4) is 0 Å². The smallest absolute Gasteiger partial charge is 0.238 e. The zero-order chi connectivity index (χ0) is 19.4. The lowest BCUT2D eigenvalue weighted by Crippen LogP contribution is -2.33. The number of carbonyl (C=O) groups excluding carboxylic acids is 1. The summed E-state index contributed by atoms with van der Waals surface area (Å²) in [6.45, 7) is 1.09. The van der Waals surface area contributed by atoms with E-state index in [4.69, 9.17) is 32.7 Å². The summed E-state index contributed by atoms with van der Waals surface area (Å²) in [5.41, 5.74) is 1.55. The highest BCUT2D eigenvalue weighted by Gasteiger charge is 2.30. The molecule has 0 radical (unpaired) electrons. The summed E-state index contributed by atoms with van der Waals surface area (Å²) in [6, 6.07) is 11.0. The Labute approximate surface area is 169 Å². The van der Waals surface area contributed by atoms with Crippen molar-refractivity contribution in [2.75, 3.05) is 32.6 Å². The molecule has 1 aliphatic heterocycles. The lowest BCUT2D eigenvalue weighted by Gasteiger charge is -2.26. The van der Waals surface area contributed by atoms with Gasteiger partial charge in [-0.15, -0.1) is 0 Å². The normalized spacial score (nSPS) is 17.0. The summed E-state index contributed by atoms with van der Waals surface area (Å²) in [4.78, 5) is 14.7. The summed E-state index contributed by atoms with van der Waals surface area (Å²) in [7, 11) is 3.29. The van der Waals surface area contributed by atoms with Gasteiger partial charge in [0.25, 0.3) is 0 Å². The zero-order valence-electron chi connectivity index (χ0n) is 15.3. The van der Waals surface area contributed by atoms with Crippen molar-refractivity contribution in [3.63, 3.8) is 0 Å². The molecule has 2 aromatic carbocycles. The van der Waals surface area contributed by atoms with Gasteiger partial charge in [0.15, 0.2) is 0 Å². The topological polar surface area (TPSA) is 50.8 Å². The Morgan fingerprint density at radius 3 is 2.78 bits per heavy atom. The Morgan fingerprint density at radius 1 is 1.22 bits per heavy atom. The van der Waals surface area contributed by atoms with E-state index < -0.39 is 0 Å². The Kier molecular flexibility index (Phi) is 6.47. The molecule has 0 spiro atoms. The monoisotopic (exact) mass is 408 g/mol. The van der Waals surface area contributed by atoms with E-state index in [2.05, 4.69) is 10.2 Å². The quantitative estimate of drug-likeness (QED) is 0.746. The lowest BCUT2D eigenvalue weighted by atomic mass is 10.0. The first-order valence-electron chi connectivity index (χ1n) is 8.73. The predicted octanol–water partition coefficient (Wildman–Crippen LogP) is 4.79. The molecule has 0 aliphatic carbocycles. The van der Waals surface area contributed by atoms with E-state index in [-0.39, 0.29) is 18.5 Å². The van der Waals surface area contributed by atoms with Crippen molar-refractivity contribution in [2.24, 2.45) is 0 Å². The molecule has 27 heavy (non-hydrogen) atoms. The van der Waals surface area contributed by atoms with E-state index in [1.165, 1.54) is 0 Å². The molecule has 1 amide bonds. The number of hydrogen-bond donors (Lipinski definition) is 1. The maximum absolute atomic E-state index is 12.6. The molecular weight excluding hydrogens is 387 g/mol. The van der Waals surface area contributed by atoms with Crippen LogP contribution in [-0.2, 0) is 4.79 Å². The number of benzene rings is 2. The number of hydrogen-bond acceptors (Lipinski definition) is 4. The number of halogens is 2. The number of ether oxygens (including phenoxy) is 2. The molecule has 1 saturated heterocycles. The summed E-state index contributed by atoms with van der Waals surface area (Å²) in [6.07, 6.45) is 1.96. The number of nitrogens with one attached hydrogen (secondary N) is 1. The summed E-state index contributed by atoms with van der Waals surface area (Å²) in [5.74, 6) is 1.44. The van der Waals surface area contributed by atoms with E-state index in [0.717, 1.165) is 36.4 Å². The molecule has 0 aromatic heterocycles. The van der Waals surface area contributed by atoms with Gasteiger partial charge in [0, 0.05) is 11.6 Å². The summed E-state index contributed by atoms with van der Waals surface area (Å²) >= 11 is 12.2. The number of nitrogens with zero attached hydrogens (tertiary/aromatic N) is 1. The van der Waals surface area contributed by atoms with Gasteiger partial charge in [-0.25, -0.2) is 0 Å². The van der Waals surface area contributed by atoms with E-state index in [1.54, 1.807) is 32.4 Å². The van der Waals surface area contributed by atoms with E-state index in [1.807, 2.05) is 18.2 Å². The number of methoxy groups -OCH3 is 2. The minimum atomic E-state index is -0.132. The van der Waals surface area contributed by atoms with Crippen molar-refractivity contribution >= 4 is 34.8 Å². The summed E-state index contributed by atoms with van der Waals surface area (Å²) < 4.78 is 10.9. The Morgan fingerprint density at radius 2 is 2.04 bits per heavy atom. The maximum atomic E-state index is 12.6. The fourth-order valence-corrected chi connectivity index (χ4v) is 3.79. The van der Waals surface area contributed by atoms with Gasteiger partial charge >= 0.3 is 0 Å².